The minimum absolute atomic E-state index is 0. The maximum Gasteiger partial charge on any atom is -0.00196 e. The van der Waals surface area contributed by atoms with E-state index in [2.05, 4.69) is 24.8 Å². The fraction of sp³-hybridized carbons (Fsp3) is 0.111. The van der Waals surface area contributed by atoms with Crippen molar-refractivity contribution >= 4 is 18.5 Å². The summed E-state index contributed by atoms with van der Waals surface area (Å²) in [7, 11) is 0. The average Bonchev–Trinajstić information content (AvgIpc) is 1.86. The van der Waals surface area contributed by atoms with Crippen molar-refractivity contribution in [1.82, 2.24) is 0 Å². The van der Waals surface area contributed by atoms with Crippen molar-refractivity contribution in [3.8, 4) is 0 Å². The Kier molecular flexibility index (Phi) is 1.82. The average molecular weight is 153 g/mol. The summed E-state index contributed by atoms with van der Waals surface area (Å²) in [5.74, 6) is 0. The quantitative estimate of drug-likeness (QED) is 0.590. The van der Waals surface area contributed by atoms with E-state index in [1.807, 2.05) is 6.08 Å². The van der Waals surface area contributed by atoms with Gasteiger partial charge in [0.25, 0.3) is 0 Å². The summed E-state index contributed by atoms with van der Waals surface area (Å²) >= 11 is 0. The van der Waals surface area contributed by atoms with Gasteiger partial charge in [-0.25, -0.2) is 0 Å². The predicted molar refractivity (Wildman–Crippen MR) is 46.6 cm³/mol. The molecular weight excluding hydrogens is 144 g/mol. The van der Waals surface area contributed by atoms with Crippen LogP contribution in [0.4, 0.5) is 0 Å². The Balaban J connectivity index is 0.000000500. The summed E-state index contributed by atoms with van der Waals surface area (Å²) in [5, 5.41) is 0. The summed E-state index contributed by atoms with van der Waals surface area (Å²) in [5.41, 5.74) is 4.20. The number of hydrogen-bond acceptors (Lipinski definition) is 0. The summed E-state index contributed by atoms with van der Waals surface area (Å²) in [6.07, 6.45) is 3.08. The normalized spacial score (nSPS) is 11.2. The molecule has 0 heterocycles. The Labute approximate surface area is 67.0 Å². The summed E-state index contributed by atoms with van der Waals surface area (Å²) in [6.45, 7) is 3.72. The highest BCUT2D eigenvalue weighted by molar-refractivity contribution is 5.85. The molecule has 52 valence electrons. The van der Waals surface area contributed by atoms with Crippen molar-refractivity contribution in [2.75, 3.05) is 0 Å². The molecule has 0 nitrogen and oxygen atoms in total. The Morgan fingerprint density at radius 3 is 2.40 bits per heavy atom. The fourth-order valence-electron chi connectivity index (χ4n) is 1.21. The zero-order valence-corrected chi connectivity index (χ0v) is 6.45. The molecule has 0 saturated carbocycles. The Morgan fingerprint density at radius 1 is 1.40 bits per heavy atom. The molecule has 0 radical (unpaired) electrons. The monoisotopic (exact) mass is 152 g/mol. The van der Waals surface area contributed by atoms with Crippen molar-refractivity contribution in [1.29, 1.82) is 0 Å². The lowest BCUT2D eigenvalue weighted by Crippen LogP contribution is -2.02. The van der Waals surface area contributed by atoms with Gasteiger partial charge in [-0.2, -0.15) is 0 Å². The maximum absolute atomic E-state index is 3.72. The smallest absolute Gasteiger partial charge is 0.00196 e. The number of fused-ring (bicyclic) bond motifs is 2. The minimum Gasteiger partial charge on any atom is -0.147 e. The van der Waals surface area contributed by atoms with Crippen LogP contribution in [0.25, 0.3) is 6.08 Å². The first kappa shape index (κ1) is 7.36. The van der Waals surface area contributed by atoms with Crippen LogP contribution in [0, 0.1) is 0 Å². The number of benzene rings is 1. The van der Waals surface area contributed by atoms with Gasteiger partial charge >= 0.3 is 0 Å². The van der Waals surface area contributed by atoms with Crippen LogP contribution in [0.15, 0.2) is 24.8 Å². The molecule has 1 aromatic carbocycles. The van der Waals surface area contributed by atoms with E-state index in [1.165, 1.54) is 16.7 Å². The molecule has 1 heteroatoms. The van der Waals surface area contributed by atoms with E-state index in [4.69, 9.17) is 0 Å². The molecule has 0 atom stereocenters. The van der Waals surface area contributed by atoms with Crippen LogP contribution in [-0.2, 0) is 6.42 Å². The van der Waals surface area contributed by atoms with Crippen LogP contribution in [0.2, 0.25) is 0 Å². The molecule has 0 N–H and O–H groups in total. The second-order valence-corrected chi connectivity index (χ2v) is 2.41. The van der Waals surface area contributed by atoms with Gasteiger partial charge in [-0.15, -0.1) is 12.4 Å². The van der Waals surface area contributed by atoms with E-state index >= 15 is 0 Å². The van der Waals surface area contributed by atoms with Gasteiger partial charge in [-0.1, -0.05) is 30.9 Å². The molecular formula is C9H9Cl. The third-order valence-electron chi connectivity index (χ3n) is 1.82. The van der Waals surface area contributed by atoms with Gasteiger partial charge in [0.05, 0.1) is 0 Å². The maximum atomic E-state index is 3.72. The molecule has 0 amide bonds. The van der Waals surface area contributed by atoms with Gasteiger partial charge in [-0.3, -0.25) is 0 Å². The first-order valence-corrected chi connectivity index (χ1v) is 3.14. The number of rotatable bonds is 1. The lowest BCUT2D eigenvalue weighted by Gasteiger charge is -2.16. The zero-order valence-electron chi connectivity index (χ0n) is 5.63. The molecule has 0 saturated heterocycles. The van der Waals surface area contributed by atoms with E-state index in [-0.39, 0.29) is 12.4 Å². The SMILES string of the molecule is C=Cc1ccc2cc1C2.Cl. The highest BCUT2D eigenvalue weighted by atomic mass is 35.5. The second-order valence-electron chi connectivity index (χ2n) is 2.41. The molecule has 1 aromatic rings. The Morgan fingerprint density at radius 2 is 2.10 bits per heavy atom. The summed E-state index contributed by atoms with van der Waals surface area (Å²) in [4.78, 5) is 0. The molecule has 0 aromatic heterocycles. The zero-order chi connectivity index (χ0) is 6.27. The van der Waals surface area contributed by atoms with Gasteiger partial charge in [-0.05, 0) is 23.1 Å². The third-order valence-corrected chi connectivity index (χ3v) is 1.82. The minimum atomic E-state index is 0. The van der Waals surface area contributed by atoms with E-state index in [0.717, 1.165) is 6.42 Å². The van der Waals surface area contributed by atoms with Crippen molar-refractivity contribution in [2.24, 2.45) is 0 Å². The molecule has 0 unspecified atom stereocenters. The van der Waals surface area contributed by atoms with Crippen molar-refractivity contribution < 1.29 is 0 Å². The highest BCUT2D eigenvalue weighted by Crippen LogP contribution is 2.25. The molecule has 2 bridgehead atoms. The first-order chi connectivity index (χ1) is 4.40. The molecule has 2 aliphatic carbocycles. The fourth-order valence-corrected chi connectivity index (χ4v) is 1.21. The van der Waals surface area contributed by atoms with Crippen LogP contribution < -0.4 is 0 Å². The topological polar surface area (TPSA) is 0 Å². The third kappa shape index (κ3) is 0.850. The molecule has 2 aliphatic rings. The van der Waals surface area contributed by atoms with Gasteiger partial charge in [0.1, 0.15) is 0 Å². The molecule has 0 aliphatic heterocycles. The van der Waals surface area contributed by atoms with Crippen molar-refractivity contribution in [2.45, 2.75) is 6.42 Å². The van der Waals surface area contributed by atoms with Gasteiger partial charge < -0.3 is 0 Å². The van der Waals surface area contributed by atoms with Gasteiger partial charge in [0.15, 0.2) is 0 Å². The van der Waals surface area contributed by atoms with E-state index < -0.39 is 0 Å². The van der Waals surface area contributed by atoms with Crippen LogP contribution >= 0.6 is 12.4 Å². The largest absolute Gasteiger partial charge is 0.147 e. The van der Waals surface area contributed by atoms with E-state index in [1.54, 1.807) is 0 Å². The van der Waals surface area contributed by atoms with E-state index in [9.17, 15) is 0 Å². The predicted octanol–water partition coefficient (Wildman–Crippen LogP) is 2.66. The van der Waals surface area contributed by atoms with Crippen LogP contribution in [0.3, 0.4) is 0 Å². The lowest BCUT2D eigenvalue weighted by atomic mass is 9.89. The number of hydrogen-bond donors (Lipinski definition) is 0. The summed E-state index contributed by atoms with van der Waals surface area (Å²) < 4.78 is 0. The van der Waals surface area contributed by atoms with Gasteiger partial charge in [0, 0.05) is 0 Å². The van der Waals surface area contributed by atoms with Crippen LogP contribution in [0.1, 0.15) is 16.7 Å². The second kappa shape index (κ2) is 2.47. The van der Waals surface area contributed by atoms with Crippen LogP contribution in [-0.4, -0.2) is 0 Å². The number of halogens is 1. The Bertz CT molecular complexity index is 260. The molecule has 0 spiro atoms. The van der Waals surface area contributed by atoms with E-state index in [0.29, 0.717) is 0 Å². The van der Waals surface area contributed by atoms with Crippen molar-refractivity contribution in [3.63, 3.8) is 0 Å². The highest BCUT2D eigenvalue weighted by Gasteiger charge is 2.10. The van der Waals surface area contributed by atoms with Crippen LogP contribution in [0.5, 0.6) is 0 Å². The lowest BCUT2D eigenvalue weighted by molar-refractivity contribution is 1.08. The first-order valence-electron chi connectivity index (χ1n) is 3.14. The molecule has 10 heavy (non-hydrogen) atoms. The summed E-state index contributed by atoms with van der Waals surface area (Å²) in [6, 6.07) is 6.50. The molecule has 3 rings (SSSR count). The molecule has 0 fully saturated rings. The van der Waals surface area contributed by atoms with Gasteiger partial charge in [0.2, 0.25) is 0 Å². The van der Waals surface area contributed by atoms with Crippen molar-refractivity contribution in [3.05, 3.63) is 41.5 Å². The Hall–Kier alpha value is -0.750. The standard InChI is InChI=1S/C9H8.ClH/c1-2-8-4-3-7-5-9(8)6-7;/h2-5H,1,6H2;1H.